The average molecular weight is 260 g/mol. The van der Waals surface area contributed by atoms with Gasteiger partial charge in [0, 0.05) is 30.8 Å². The van der Waals surface area contributed by atoms with Crippen LogP contribution in [0, 0.1) is 0 Å². The SMILES string of the molecule is CCCCCCCN1CCC(=NO)c2ccccc21. The van der Waals surface area contributed by atoms with Gasteiger partial charge in [0.15, 0.2) is 0 Å². The van der Waals surface area contributed by atoms with Gasteiger partial charge in [-0.3, -0.25) is 0 Å². The first kappa shape index (κ1) is 13.9. The highest BCUT2D eigenvalue weighted by Crippen LogP contribution is 2.27. The molecule has 0 atom stereocenters. The first-order valence-electron chi connectivity index (χ1n) is 7.42. The number of benzene rings is 1. The molecule has 0 aliphatic carbocycles. The molecule has 1 aliphatic rings. The van der Waals surface area contributed by atoms with Crippen LogP contribution in [-0.4, -0.2) is 24.0 Å². The van der Waals surface area contributed by atoms with Crippen LogP contribution < -0.4 is 4.90 Å². The summed E-state index contributed by atoms with van der Waals surface area (Å²) in [6.45, 7) is 4.32. The molecular weight excluding hydrogens is 236 g/mol. The molecule has 1 aromatic rings. The Labute approximate surface area is 115 Å². The van der Waals surface area contributed by atoms with E-state index < -0.39 is 0 Å². The van der Waals surface area contributed by atoms with E-state index >= 15 is 0 Å². The quantitative estimate of drug-likeness (QED) is 0.476. The Morgan fingerprint density at radius 2 is 1.95 bits per heavy atom. The first-order chi connectivity index (χ1) is 9.36. The van der Waals surface area contributed by atoms with E-state index in [4.69, 9.17) is 5.21 Å². The maximum atomic E-state index is 9.07. The second-order valence-electron chi connectivity index (χ2n) is 5.22. The Bertz CT molecular complexity index is 429. The highest BCUT2D eigenvalue weighted by molar-refractivity contribution is 6.06. The Hall–Kier alpha value is -1.51. The molecule has 0 spiro atoms. The summed E-state index contributed by atoms with van der Waals surface area (Å²) in [5.74, 6) is 0. The molecule has 0 unspecified atom stereocenters. The van der Waals surface area contributed by atoms with Gasteiger partial charge < -0.3 is 10.1 Å². The number of oxime groups is 1. The Balaban J connectivity index is 1.96. The Morgan fingerprint density at radius 1 is 1.16 bits per heavy atom. The number of hydrogen-bond donors (Lipinski definition) is 1. The molecule has 0 radical (unpaired) electrons. The maximum Gasteiger partial charge on any atom is 0.0906 e. The number of anilines is 1. The number of rotatable bonds is 6. The average Bonchev–Trinajstić information content (AvgIpc) is 2.47. The van der Waals surface area contributed by atoms with E-state index in [2.05, 4.69) is 29.1 Å². The van der Waals surface area contributed by atoms with Crippen LogP contribution in [0.5, 0.6) is 0 Å². The van der Waals surface area contributed by atoms with Gasteiger partial charge in [-0.1, -0.05) is 56.0 Å². The molecule has 0 aromatic heterocycles. The van der Waals surface area contributed by atoms with Gasteiger partial charge in [-0.05, 0) is 12.5 Å². The zero-order chi connectivity index (χ0) is 13.5. The Kier molecular flexibility index (Phi) is 5.25. The van der Waals surface area contributed by atoms with E-state index in [-0.39, 0.29) is 0 Å². The minimum Gasteiger partial charge on any atom is -0.411 e. The van der Waals surface area contributed by atoms with E-state index in [1.807, 2.05) is 12.1 Å². The van der Waals surface area contributed by atoms with Crippen molar-refractivity contribution in [2.24, 2.45) is 5.16 Å². The topological polar surface area (TPSA) is 35.8 Å². The lowest BCUT2D eigenvalue weighted by Gasteiger charge is -2.31. The second-order valence-corrected chi connectivity index (χ2v) is 5.22. The summed E-state index contributed by atoms with van der Waals surface area (Å²) >= 11 is 0. The molecule has 0 saturated heterocycles. The van der Waals surface area contributed by atoms with Crippen molar-refractivity contribution in [3.8, 4) is 0 Å². The van der Waals surface area contributed by atoms with E-state index in [1.165, 1.54) is 37.8 Å². The van der Waals surface area contributed by atoms with Gasteiger partial charge in [0.05, 0.1) is 5.71 Å². The van der Waals surface area contributed by atoms with Gasteiger partial charge in [-0.15, -0.1) is 0 Å². The minimum atomic E-state index is 0.817. The maximum absolute atomic E-state index is 9.07. The molecule has 3 heteroatoms. The van der Waals surface area contributed by atoms with Crippen molar-refractivity contribution >= 4 is 11.4 Å². The number of unbranched alkanes of at least 4 members (excludes halogenated alkanes) is 4. The fourth-order valence-corrected chi connectivity index (χ4v) is 2.73. The molecule has 0 fully saturated rings. The van der Waals surface area contributed by atoms with Crippen LogP contribution in [0.15, 0.2) is 29.4 Å². The summed E-state index contributed by atoms with van der Waals surface area (Å²) in [7, 11) is 0. The van der Waals surface area contributed by atoms with Crippen molar-refractivity contribution in [3.05, 3.63) is 29.8 Å². The first-order valence-corrected chi connectivity index (χ1v) is 7.42. The summed E-state index contributed by atoms with van der Waals surface area (Å²) in [6, 6.07) is 8.25. The van der Waals surface area contributed by atoms with Gasteiger partial charge in [-0.2, -0.15) is 0 Å². The predicted octanol–water partition coefficient (Wildman–Crippen LogP) is 4.05. The third-order valence-electron chi connectivity index (χ3n) is 3.83. The molecule has 1 aromatic carbocycles. The van der Waals surface area contributed by atoms with Crippen LogP contribution in [0.25, 0.3) is 0 Å². The summed E-state index contributed by atoms with van der Waals surface area (Å²) in [6.07, 6.45) is 7.38. The third kappa shape index (κ3) is 3.49. The largest absolute Gasteiger partial charge is 0.411 e. The second kappa shape index (κ2) is 7.17. The minimum absolute atomic E-state index is 0.817. The predicted molar refractivity (Wildman–Crippen MR) is 80.4 cm³/mol. The van der Waals surface area contributed by atoms with Gasteiger partial charge in [0.25, 0.3) is 0 Å². The standard InChI is InChI=1S/C16H24N2O/c1-2-3-4-5-8-12-18-13-11-15(17-19)14-9-6-7-10-16(14)18/h6-7,9-10,19H,2-5,8,11-13H2,1H3. The normalized spacial score (nSPS) is 16.7. The van der Waals surface area contributed by atoms with Crippen LogP contribution in [0.3, 0.4) is 0 Å². The third-order valence-corrected chi connectivity index (χ3v) is 3.83. The lowest BCUT2D eigenvalue weighted by molar-refractivity contribution is 0.317. The number of para-hydroxylation sites is 1. The monoisotopic (exact) mass is 260 g/mol. The molecule has 0 saturated carbocycles. The Morgan fingerprint density at radius 3 is 2.74 bits per heavy atom. The molecule has 1 N–H and O–H groups in total. The van der Waals surface area contributed by atoms with Crippen molar-refractivity contribution in [1.29, 1.82) is 0 Å². The van der Waals surface area contributed by atoms with Gasteiger partial charge in [0.1, 0.15) is 0 Å². The molecule has 0 amide bonds. The smallest absolute Gasteiger partial charge is 0.0906 e. The van der Waals surface area contributed by atoms with E-state index in [9.17, 15) is 0 Å². The lowest BCUT2D eigenvalue weighted by Crippen LogP contribution is -2.33. The van der Waals surface area contributed by atoms with Crippen LogP contribution in [0.1, 0.15) is 51.0 Å². The van der Waals surface area contributed by atoms with Crippen LogP contribution in [0.4, 0.5) is 5.69 Å². The molecule has 3 nitrogen and oxygen atoms in total. The molecule has 19 heavy (non-hydrogen) atoms. The fourth-order valence-electron chi connectivity index (χ4n) is 2.73. The number of nitrogens with zero attached hydrogens (tertiary/aromatic N) is 2. The summed E-state index contributed by atoms with van der Waals surface area (Å²) in [5, 5.41) is 12.5. The fraction of sp³-hybridized carbons (Fsp3) is 0.562. The molecule has 0 bridgehead atoms. The molecule has 104 valence electrons. The highest BCUT2D eigenvalue weighted by Gasteiger charge is 2.20. The van der Waals surface area contributed by atoms with E-state index in [0.717, 1.165) is 30.8 Å². The molecule has 2 rings (SSSR count). The zero-order valence-corrected chi connectivity index (χ0v) is 11.8. The summed E-state index contributed by atoms with van der Waals surface area (Å²) in [4.78, 5) is 2.43. The number of fused-ring (bicyclic) bond motifs is 1. The molecule has 1 heterocycles. The van der Waals surface area contributed by atoms with Crippen molar-refractivity contribution < 1.29 is 5.21 Å². The summed E-state index contributed by atoms with van der Waals surface area (Å²) < 4.78 is 0. The van der Waals surface area contributed by atoms with Crippen LogP contribution >= 0.6 is 0 Å². The van der Waals surface area contributed by atoms with E-state index in [0.29, 0.717) is 0 Å². The highest BCUT2D eigenvalue weighted by atomic mass is 16.4. The van der Waals surface area contributed by atoms with Gasteiger partial charge in [0.2, 0.25) is 0 Å². The van der Waals surface area contributed by atoms with Crippen LogP contribution in [-0.2, 0) is 0 Å². The van der Waals surface area contributed by atoms with Crippen molar-refractivity contribution in [2.45, 2.75) is 45.4 Å². The summed E-state index contributed by atoms with van der Waals surface area (Å²) in [5.41, 5.74) is 3.12. The lowest BCUT2D eigenvalue weighted by atomic mass is 9.99. The van der Waals surface area contributed by atoms with Gasteiger partial charge >= 0.3 is 0 Å². The van der Waals surface area contributed by atoms with Crippen LogP contribution in [0.2, 0.25) is 0 Å². The van der Waals surface area contributed by atoms with Crippen molar-refractivity contribution in [2.75, 3.05) is 18.0 Å². The number of hydrogen-bond acceptors (Lipinski definition) is 3. The molecular formula is C16H24N2O. The molecule has 1 aliphatic heterocycles. The van der Waals surface area contributed by atoms with Crippen molar-refractivity contribution in [3.63, 3.8) is 0 Å². The van der Waals surface area contributed by atoms with E-state index in [1.54, 1.807) is 0 Å². The zero-order valence-electron chi connectivity index (χ0n) is 11.8. The van der Waals surface area contributed by atoms with Crippen molar-refractivity contribution in [1.82, 2.24) is 0 Å². The van der Waals surface area contributed by atoms with Gasteiger partial charge in [-0.25, -0.2) is 0 Å².